The van der Waals surface area contributed by atoms with Gasteiger partial charge in [-0.2, -0.15) is 0 Å². The van der Waals surface area contributed by atoms with E-state index in [0.29, 0.717) is 12.3 Å². The van der Waals surface area contributed by atoms with Crippen LogP contribution in [0.3, 0.4) is 0 Å². The van der Waals surface area contributed by atoms with Crippen LogP contribution in [0, 0.1) is 13.8 Å². The first-order valence-corrected chi connectivity index (χ1v) is 11.3. The van der Waals surface area contributed by atoms with Crippen LogP contribution < -0.4 is 14.8 Å². The van der Waals surface area contributed by atoms with Gasteiger partial charge < -0.3 is 19.7 Å². The SMILES string of the molecule is COc1ccc(CN(C(=O)COc2ccc(C)c(C)c2)[C@@H](C)C(=O)NC2CCCC2)cc1. The second-order valence-corrected chi connectivity index (χ2v) is 8.57. The summed E-state index contributed by atoms with van der Waals surface area (Å²) in [5, 5.41) is 3.11. The Bertz CT molecular complexity index is 920. The molecule has 6 nitrogen and oxygen atoms in total. The van der Waals surface area contributed by atoms with E-state index in [1.807, 2.05) is 56.3 Å². The molecule has 0 bridgehead atoms. The molecule has 172 valence electrons. The Kier molecular flexibility index (Phi) is 8.14. The van der Waals surface area contributed by atoms with Crippen LogP contribution in [-0.2, 0) is 16.1 Å². The van der Waals surface area contributed by atoms with E-state index in [4.69, 9.17) is 9.47 Å². The number of nitrogens with one attached hydrogen (secondary N) is 1. The number of amides is 2. The van der Waals surface area contributed by atoms with Crippen molar-refractivity contribution >= 4 is 11.8 Å². The van der Waals surface area contributed by atoms with E-state index in [9.17, 15) is 9.59 Å². The highest BCUT2D eigenvalue weighted by molar-refractivity contribution is 5.88. The molecule has 1 fully saturated rings. The van der Waals surface area contributed by atoms with Gasteiger partial charge in [0, 0.05) is 12.6 Å². The van der Waals surface area contributed by atoms with Gasteiger partial charge in [-0.25, -0.2) is 0 Å². The van der Waals surface area contributed by atoms with Crippen LogP contribution in [0.2, 0.25) is 0 Å². The van der Waals surface area contributed by atoms with Crippen molar-refractivity contribution in [1.82, 2.24) is 10.2 Å². The summed E-state index contributed by atoms with van der Waals surface area (Å²) in [6.45, 7) is 6.01. The van der Waals surface area contributed by atoms with Crippen molar-refractivity contribution in [2.75, 3.05) is 13.7 Å². The molecule has 2 aromatic carbocycles. The van der Waals surface area contributed by atoms with Crippen molar-refractivity contribution in [3.8, 4) is 11.5 Å². The number of carbonyl (C=O) groups is 2. The quantitative estimate of drug-likeness (QED) is 0.638. The lowest BCUT2D eigenvalue weighted by atomic mass is 10.1. The molecule has 0 spiro atoms. The van der Waals surface area contributed by atoms with Crippen molar-refractivity contribution in [2.24, 2.45) is 0 Å². The molecule has 1 atom stereocenters. The van der Waals surface area contributed by atoms with Gasteiger partial charge in [0.05, 0.1) is 7.11 Å². The van der Waals surface area contributed by atoms with E-state index in [2.05, 4.69) is 5.32 Å². The first-order chi connectivity index (χ1) is 15.4. The molecule has 32 heavy (non-hydrogen) atoms. The van der Waals surface area contributed by atoms with Crippen LogP contribution >= 0.6 is 0 Å². The smallest absolute Gasteiger partial charge is 0.261 e. The number of methoxy groups -OCH3 is 1. The molecule has 0 aliphatic heterocycles. The lowest BCUT2D eigenvalue weighted by molar-refractivity contribution is -0.142. The first kappa shape index (κ1) is 23.6. The molecule has 2 aromatic rings. The van der Waals surface area contributed by atoms with Crippen LogP contribution in [0.4, 0.5) is 0 Å². The molecule has 1 aliphatic rings. The van der Waals surface area contributed by atoms with Gasteiger partial charge >= 0.3 is 0 Å². The number of nitrogens with zero attached hydrogens (tertiary/aromatic N) is 1. The molecule has 0 aromatic heterocycles. The molecule has 1 N–H and O–H groups in total. The third-order valence-corrected chi connectivity index (χ3v) is 6.22. The van der Waals surface area contributed by atoms with Gasteiger partial charge in [-0.15, -0.1) is 0 Å². The minimum absolute atomic E-state index is 0.120. The normalized spacial score (nSPS) is 14.6. The maximum atomic E-state index is 13.2. The fourth-order valence-corrected chi connectivity index (χ4v) is 3.93. The van der Waals surface area contributed by atoms with Gasteiger partial charge in [0.25, 0.3) is 5.91 Å². The molecule has 1 saturated carbocycles. The average molecular weight is 439 g/mol. The highest BCUT2D eigenvalue weighted by Gasteiger charge is 2.28. The number of aryl methyl sites for hydroxylation is 2. The molecular formula is C26H34N2O4. The zero-order chi connectivity index (χ0) is 23.1. The van der Waals surface area contributed by atoms with E-state index in [1.54, 1.807) is 18.9 Å². The lowest BCUT2D eigenvalue weighted by Gasteiger charge is -2.29. The molecule has 1 aliphatic carbocycles. The molecule has 3 rings (SSSR count). The Morgan fingerprint density at radius 1 is 1.03 bits per heavy atom. The van der Waals surface area contributed by atoms with E-state index in [0.717, 1.165) is 42.6 Å². The van der Waals surface area contributed by atoms with Gasteiger partial charge in [-0.1, -0.05) is 31.0 Å². The van der Waals surface area contributed by atoms with Crippen molar-refractivity contribution < 1.29 is 19.1 Å². The minimum Gasteiger partial charge on any atom is -0.497 e. The number of carbonyl (C=O) groups excluding carboxylic acids is 2. The van der Waals surface area contributed by atoms with Crippen LogP contribution in [0.25, 0.3) is 0 Å². The summed E-state index contributed by atoms with van der Waals surface area (Å²) in [5.74, 6) is 1.05. The summed E-state index contributed by atoms with van der Waals surface area (Å²) in [7, 11) is 1.62. The molecule has 0 unspecified atom stereocenters. The molecule has 6 heteroatoms. The number of rotatable bonds is 9. The Labute approximate surface area is 190 Å². The Balaban J connectivity index is 1.71. The lowest BCUT2D eigenvalue weighted by Crippen LogP contribution is -2.50. The third-order valence-electron chi connectivity index (χ3n) is 6.22. The molecular weight excluding hydrogens is 404 g/mol. The fraction of sp³-hybridized carbons (Fsp3) is 0.462. The second-order valence-electron chi connectivity index (χ2n) is 8.57. The summed E-state index contributed by atoms with van der Waals surface area (Å²) >= 11 is 0. The maximum absolute atomic E-state index is 13.2. The van der Waals surface area contributed by atoms with Crippen LogP contribution in [0.15, 0.2) is 42.5 Å². The summed E-state index contributed by atoms with van der Waals surface area (Å²) in [6.07, 6.45) is 4.27. The van der Waals surface area contributed by atoms with E-state index >= 15 is 0 Å². The largest absolute Gasteiger partial charge is 0.497 e. The summed E-state index contributed by atoms with van der Waals surface area (Å²) in [4.78, 5) is 27.7. The predicted octanol–water partition coefficient (Wildman–Crippen LogP) is 4.17. The first-order valence-electron chi connectivity index (χ1n) is 11.3. The summed E-state index contributed by atoms with van der Waals surface area (Å²) in [6, 6.07) is 12.9. The van der Waals surface area contributed by atoms with E-state index in [-0.39, 0.29) is 24.5 Å². The number of ether oxygens (including phenoxy) is 2. The topological polar surface area (TPSA) is 67.9 Å². The second kappa shape index (κ2) is 11.0. The van der Waals surface area contributed by atoms with Crippen molar-refractivity contribution in [3.05, 3.63) is 59.2 Å². The minimum atomic E-state index is -0.603. The Morgan fingerprint density at radius 2 is 1.69 bits per heavy atom. The molecule has 2 amide bonds. The highest BCUT2D eigenvalue weighted by atomic mass is 16.5. The van der Waals surface area contributed by atoms with Crippen molar-refractivity contribution in [1.29, 1.82) is 0 Å². The standard InChI is InChI=1S/C26H34N2O4/c1-18-9-12-24(15-19(18)2)32-17-25(29)28(16-21-10-13-23(31-4)14-11-21)20(3)26(30)27-22-7-5-6-8-22/h9-15,20,22H,5-8,16-17H2,1-4H3,(H,27,30)/t20-/m0/s1. The van der Waals surface area contributed by atoms with Crippen LogP contribution in [0.1, 0.15) is 49.3 Å². The summed E-state index contributed by atoms with van der Waals surface area (Å²) < 4.78 is 11.0. The average Bonchev–Trinajstić information content (AvgIpc) is 3.31. The predicted molar refractivity (Wildman–Crippen MR) is 125 cm³/mol. The van der Waals surface area contributed by atoms with Crippen LogP contribution in [-0.4, -0.2) is 42.5 Å². The maximum Gasteiger partial charge on any atom is 0.261 e. The third kappa shape index (κ3) is 6.25. The van der Waals surface area contributed by atoms with Crippen molar-refractivity contribution in [2.45, 2.75) is 65.1 Å². The monoisotopic (exact) mass is 438 g/mol. The van der Waals surface area contributed by atoms with Gasteiger partial charge in [-0.3, -0.25) is 9.59 Å². The van der Waals surface area contributed by atoms with Gasteiger partial charge in [0.2, 0.25) is 5.91 Å². The van der Waals surface area contributed by atoms with E-state index < -0.39 is 6.04 Å². The van der Waals surface area contributed by atoms with Gasteiger partial charge in [0.15, 0.2) is 6.61 Å². The Morgan fingerprint density at radius 3 is 2.31 bits per heavy atom. The van der Waals surface area contributed by atoms with Gasteiger partial charge in [0.1, 0.15) is 17.5 Å². The van der Waals surface area contributed by atoms with Crippen molar-refractivity contribution in [3.63, 3.8) is 0 Å². The van der Waals surface area contributed by atoms with E-state index in [1.165, 1.54) is 5.56 Å². The Hall–Kier alpha value is -3.02. The number of hydrogen-bond donors (Lipinski definition) is 1. The van der Waals surface area contributed by atoms with Crippen LogP contribution in [0.5, 0.6) is 11.5 Å². The number of benzene rings is 2. The number of hydrogen-bond acceptors (Lipinski definition) is 4. The zero-order valence-electron chi connectivity index (χ0n) is 19.5. The van der Waals surface area contributed by atoms with Gasteiger partial charge in [-0.05, 0) is 74.6 Å². The molecule has 0 radical (unpaired) electrons. The molecule has 0 heterocycles. The molecule has 0 saturated heterocycles. The highest BCUT2D eigenvalue weighted by Crippen LogP contribution is 2.20. The zero-order valence-corrected chi connectivity index (χ0v) is 19.5. The summed E-state index contributed by atoms with van der Waals surface area (Å²) in [5.41, 5.74) is 3.20. The fourth-order valence-electron chi connectivity index (χ4n) is 3.93.